The lowest BCUT2D eigenvalue weighted by atomic mass is 9.97. The lowest BCUT2D eigenvalue weighted by Crippen LogP contribution is -2.45. The number of hydrogen-bond donors (Lipinski definition) is 2. The average Bonchev–Trinajstić information content (AvgIpc) is 2.65. The van der Waals surface area contributed by atoms with Crippen LogP contribution >= 0.6 is 22.9 Å². The third-order valence-corrected chi connectivity index (χ3v) is 6.00. The lowest BCUT2D eigenvalue weighted by molar-refractivity contribution is 0.233. The van der Waals surface area contributed by atoms with Crippen LogP contribution in [0.15, 0.2) is 16.3 Å². The summed E-state index contributed by atoms with van der Waals surface area (Å²) in [6.07, 6.45) is 0.980. The van der Waals surface area contributed by atoms with Gasteiger partial charge in [-0.15, -0.1) is 11.3 Å². The van der Waals surface area contributed by atoms with Crippen molar-refractivity contribution in [3.63, 3.8) is 0 Å². The number of aliphatic hydroxyl groups is 1. The molecule has 0 radical (unpaired) electrons. The highest BCUT2D eigenvalue weighted by molar-refractivity contribution is 7.91. The number of halogens is 1. The number of thiophene rings is 1. The summed E-state index contributed by atoms with van der Waals surface area (Å²) >= 11 is 6.74. The molecular weight excluding hydrogens is 282 g/mol. The Labute approximate surface area is 111 Å². The summed E-state index contributed by atoms with van der Waals surface area (Å²) in [5, 5.41) is 8.95. The van der Waals surface area contributed by atoms with Crippen molar-refractivity contribution in [1.29, 1.82) is 0 Å². The first-order chi connectivity index (χ1) is 7.83. The Morgan fingerprint density at radius 3 is 2.59 bits per heavy atom. The van der Waals surface area contributed by atoms with Gasteiger partial charge in [0.2, 0.25) is 0 Å². The van der Waals surface area contributed by atoms with Gasteiger partial charge >= 0.3 is 0 Å². The summed E-state index contributed by atoms with van der Waals surface area (Å²) in [5.74, 6) is 0. The van der Waals surface area contributed by atoms with Gasteiger partial charge in [0.15, 0.2) is 0 Å². The predicted molar refractivity (Wildman–Crippen MR) is 70.0 cm³/mol. The second-order valence-electron chi connectivity index (χ2n) is 4.05. The van der Waals surface area contributed by atoms with Crippen molar-refractivity contribution in [1.82, 2.24) is 4.72 Å². The quantitative estimate of drug-likeness (QED) is 0.846. The largest absolute Gasteiger partial charge is 0.396 e. The molecule has 1 rings (SSSR count). The van der Waals surface area contributed by atoms with E-state index < -0.39 is 15.6 Å². The highest BCUT2D eigenvalue weighted by Gasteiger charge is 2.29. The second kappa shape index (κ2) is 5.67. The molecule has 1 aromatic heterocycles. The molecule has 17 heavy (non-hydrogen) atoms. The fourth-order valence-electron chi connectivity index (χ4n) is 1.36. The van der Waals surface area contributed by atoms with Crippen molar-refractivity contribution in [3.8, 4) is 0 Å². The van der Waals surface area contributed by atoms with Gasteiger partial charge in [-0.3, -0.25) is 0 Å². The van der Waals surface area contributed by atoms with Crippen molar-refractivity contribution in [2.45, 2.75) is 36.4 Å². The molecule has 2 N–H and O–H groups in total. The normalized spacial score (nSPS) is 15.8. The smallest absolute Gasteiger partial charge is 0.250 e. The summed E-state index contributed by atoms with van der Waals surface area (Å²) in [7, 11) is -3.56. The Hall–Kier alpha value is -0.140. The first kappa shape index (κ1) is 14.9. The van der Waals surface area contributed by atoms with Crippen LogP contribution < -0.4 is 4.72 Å². The maximum absolute atomic E-state index is 12.1. The molecule has 98 valence electrons. The molecule has 0 aliphatic rings. The van der Waals surface area contributed by atoms with E-state index in [4.69, 9.17) is 16.7 Å². The molecule has 1 atom stereocenters. The van der Waals surface area contributed by atoms with E-state index in [2.05, 4.69) is 4.72 Å². The summed E-state index contributed by atoms with van der Waals surface area (Å²) in [6.45, 7) is 3.59. The van der Waals surface area contributed by atoms with E-state index >= 15 is 0 Å². The van der Waals surface area contributed by atoms with Crippen molar-refractivity contribution < 1.29 is 13.5 Å². The Balaban J connectivity index is 2.93. The monoisotopic (exact) mass is 297 g/mol. The molecule has 1 unspecified atom stereocenters. The van der Waals surface area contributed by atoms with Crippen LogP contribution in [0.3, 0.4) is 0 Å². The molecule has 7 heteroatoms. The molecule has 0 bridgehead atoms. The SMILES string of the molecule is CCC(C)(CCO)NS(=O)(=O)c1ccc(Cl)s1. The Morgan fingerprint density at radius 2 is 2.18 bits per heavy atom. The Morgan fingerprint density at radius 1 is 1.53 bits per heavy atom. The fourth-order valence-corrected chi connectivity index (χ4v) is 4.35. The standard InChI is InChI=1S/C10H16ClNO3S2/c1-3-10(2,6-7-13)12-17(14,15)9-5-4-8(11)16-9/h4-5,12-13H,3,6-7H2,1-2H3. The minimum atomic E-state index is -3.56. The first-order valence-corrected chi connectivity index (χ1v) is 7.91. The zero-order valence-electron chi connectivity index (χ0n) is 9.73. The van der Waals surface area contributed by atoms with Crippen LogP contribution in [0, 0.1) is 0 Å². The summed E-state index contributed by atoms with van der Waals surface area (Å²) in [4.78, 5) is 0. The minimum absolute atomic E-state index is 0.0575. The van der Waals surface area contributed by atoms with Gasteiger partial charge < -0.3 is 5.11 Å². The van der Waals surface area contributed by atoms with Gasteiger partial charge in [-0.2, -0.15) is 0 Å². The van der Waals surface area contributed by atoms with Crippen LogP contribution in [0.2, 0.25) is 4.34 Å². The molecule has 0 aliphatic carbocycles. The number of nitrogens with one attached hydrogen (secondary N) is 1. The van der Waals surface area contributed by atoms with E-state index in [1.807, 2.05) is 6.92 Å². The third-order valence-electron chi connectivity index (χ3n) is 2.64. The number of sulfonamides is 1. The third kappa shape index (κ3) is 3.93. The minimum Gasteiger partial charge on any atom is -0.396 e. The van der Waals surface area contributed by atoms with E-state index in [0.29, 0.717) is 17.2 Å². The molecule has 4 nitrogen and oxygen atoms in total. The van der Waals surface area contributed by atoms with Crippen LogP contribution in [-0.4, -0.2) is 25.7 Å². The molecule has 0 spiro atoms. The topological polar surface area (TPSA) is 66.4 Å². The van der Waals surface area contributed by atoms with Crippen molar-refractivity contribution in [2.75, 3.05) is 6.61 Å². The summed E-state index contributed by atoms with van der Waals surface area (Å²) in [6, 6.07) is 3.03. The first-order valence-electron chi connectivity index (χ1n) is 5.23. The van der Waals surface area contributed by atoms with Gasteiger partial charge in [-0.1, -0.05) is 18.5 Å². The van der Waals surface area contributed by atoms with Gasteiger partial charge in [0.25, 0.3) is 10.0 Å². The number of rotatable bonds is 6. The predicted octanol–water partition coefficient (Wildman–Crippen LogP) is 2.23. The van der Waals surface area contributed by atoms with E-state index in [9.17, 15) is 8.42 Å². The van der Waals surface area contributed by atoms with Gasteiger partial charge in [-0.05, 0) is 31.9 Å². The average molecular weight is 298 g/mol. The number of aliphatic hydroxyl groups excluding tert-OH is 1. The zero-order chi connectivity index (χ0) is 13.1. The van der Waals surface area contributed by atoms with Crippen LogP contribution in [0.1, 0.15) is 26.7 Å². The van der Waals surface area contributed by atoms with E-state index in [1.165, 1.54) is 6.07 Å². The van der Waals surface area contributed by atoms with E-state index in [0.717, 1.165) is 11.3 Å². The Kier molecular flexibility index (Phi) is 4.97. The highest BCUT2D eigenvalue weighted by Crippen LogP contribution is 2.27. The molecule has 0 amide bonds. The maximum atomic E-state index is 12.1. The number of hydrogen-bond acceptors (Lipinski definition) is 4. The molecule has 0 saturated heterocycles. The fraction of sp³-hybridized carbons (Fsp3) is 0.600. The zero-order valence-corrected chi connectivity index (χ0v) is 12.1. The molecule has 0 fully saturated rings. The van der Waals surface area contributed by atoms with Crippen molar-refractivity contribution >= 4 is 33.0 Å². The van der Waals surface area contributed by atoms with Gasteiger partial charge in [0.05, 0.1) is 4.34 Å². The van der Waals surface area contributed by atoms with E-state index in [-0.39, 0.29) is 10.8 Å². The van der Waals surface area contributed by atoms with Crippen LogP contribution in [-0.2, 0) is 10.0 Å². The summed E-state index contributed by atoms with van der Waals surface area (Å²) in [5.41, 5.74) is -0.635. The van der Waals surface area contributed by atoms with Crippen molar-refractivity contribution in [2.24, 2.45) is 0 Å². The Bertz CT molecular complexity index is 472. The maximum Gasteiger partial charge on any atom is 0.250 e. The second-order valence-corrected chi connectivity index (χ2v) is 7.68. The van der Waals surface area contributed by atoms with Crippen molar-refractivity contribution in [3.05, 3.63) is 16.5 Å². The molecule has 0 aromatic carbocycles. The van der Waals surface area contributed by atoms with Crippen LogP contribution in [0.5, 0.6) is 0 Å². The molecule has 1 heterocycles. The van der Waals surface area contributed by atoms with Crippen LogP contribution in [0.25, 0.3) is 0 Å². The van der Waals surface area contributed by atoms with Gasteiger partial charge in [-0.25, -0.2) is 13.1 Å². The molecule has 0 aliphatic heterocycles. The molecule has 0 saturated carbocycles. The van der Waals surface area contributed by atoms with Gasteiger partial charge in [0, 0.05) is 12.1 Å². The van der Waals surface area contributed by atoms with Crippen LogP contribution in [0.4, 0.5) is 0 Å². The van der Waals surface area contributed by atoms with E-state index in [1.54, 1.807) is 13.0 Å². The molecule has 1 aromatic rings. The molecular formula is C10H16ClNO3S2. The van der Waals surface area contributed by atoms with Gasteiger partial charge in [0.1, 0.15) is 4.21 Å². The lowest BCUT2D eigenvalue weighted by Gasteiger charge is -2.28. The highest BCUT2D eigenvalue weighted by atomic mass is 35.5. The summed E-state index contributed by atoms with van der Waals surface area (Å²) < 4.78 is 27.4.